The third kappa shape index (κ3) is 2.46. The van der Waals surface area contributed by atoms with Crippen LogP contribution in [0.1, 0.15) is 51.4 Å². The molecule has 1 heteroatoms. The molecule has 2 fully saturated rings. The van der Waals surface area contributed by atoms with Crippen LogP contribution in [0.15, 0.2) is 0 Å². The molecule has 0 atom stereocenters. The Morgan fingerprint density at radius 1 is 0.667 bits per heavy atom. The van der Waals surface area contributed by atoms with Gasteiger partial charge in [0.25, 0.3) is 0 Å². The molecule has 0 heterocycles. The highest BCUT2D eigenvalue weighted by atomic mass is 19.1. The first kappa shape index (κ1) is 10.0. The average molecular weight is 172 g/mol. The van der Waals surface area contributed by atoms with Crippen LogP contribution in [-0.4, -0.2) is 7.18 Å². The highest BCUT2D eigenvalue weighted by Crippen LogP contribution is 2.39. The van der Waals surface area contributed by atoms with Gasteiger partial charge in [0, 0.05) is 0 Å². The van der Waals surface area contributed by atoms with E-state index in [2.05, 4.69) is 0 Å². The van der Waals surface area contributed by atoms with E-state index in [0.717, 1.165) is 11.8 Å². The van der Waals surface area contributed by atoms with Crippen LogP contribution in [0.25, 0.3) is 0 Å². The summed E-state index contributed by atoms with van der Waals surface area (Å²) in [4.78, 5) is 0. The fourth-order valence-corrected chi connectivity index (χ4v) is 2.86. The van der Waals surface area contributed by atoms with Gasteiger partial charge >= 0.3 is 0 Å². The van der Waals surface area contributed by atoms with Crippen molar-refractivity contribution in [3.8, 4) is 0 Å². The summed E-state index contributed by atoms with van der Waals surface area (Å²) in [7, 11) is 0.500. The molecule has 72 valence electrons. The number of fused-ring (bicyclic) bond motifs is 1. The summed E-state index contributed by atoms with van der Waals surface area (Å²) >= 11 is 0. The van der Waals surface area contributed by atoms with Gasteiger partial charge in [-0.05, 0) is 11.8 Å². The predicted molar refractivity (Wildman–Crippen MR) is 50.9 cm³/mol. The molecule has 0 aromatic heterocycles. The molecule has 2 aliphatic carbocycles. The number of hydrogen-bond acceptors (Lipinski definition) is 0. The van der Waals surface area contributed by atoms with Crippen molar-refractivity contribution in [2.45, 2.75) is 51.4 Å². The molecular weight excluding hydrogens is 151 g/mol. The number of alkyl halides is 1. The lowest BCUT2D eigenvalue weighted by Crippen LogP contribution is -2.22. The van der Waals surface area contributed by atoms with Crippen LogP contribution in [0.2, 0.25) is 0 Å². The second kappa shape index (κ2) is 5.55. The first-order valence-electron chi connectivity index (χ1n) is 5.34. The van der Waals surface area contributed by atoms with Crippen molar-refractivity contribution in [2.75, 3.05) is 7.18 Å². The van der Waals surface area contributed by atoms with Gasteiger partial charge in [0.1, 0.15) is 0 Å². The third-order valence-electron chi connectivity index (χ3n) is 3.47. The maximum absolute atomic E-state index is 9.50. The van der Waals surface area contributed by atoms with E-state index < -0.39 is 0 Å². The third-order valence-corrected chi connectivity index (χ3v) is 3.47. The summed E-state index contributed by atoms with van der Waals surface area (Å²) in [5.41, 5.74) is 0. The largest absolute Gasteiger partial charge is 0.255 e. The van der Waals surface area contributed by atoms with Crippen molar-refractivity contribution >= 4 is 0 Å². The smallest absolute Gasteiger partial charge is 0.0785 e. The average Bonchev–Trinajstić information content (AvgIpc) is 2.21. The molecule has 0 aromatic rings. The highest BCUT2D eigenvalue weighted by molar-refractivity contribution is 4.78. The molecule has 0 spiro atoms. The van der Waals surface area contributed by atoms with Gasteiger partial charge in [0.05, 0.1) is 7.18 Å². The zero-order chi connectivity index (χ0) is 8.81. The lowest BCUT2D eigenvalue weighted by atomic mass is 9.71. The van der Waals surface area contributed by atoms with E-state index in [-0.39, 0.29) is 0 Å². The summed E-state index contributed by atoms with van der Waals surface area (Å²) in [5, 5.41) is 0. The molecule has 0 N–H and O–H groups in total. The van der Waals surface area contributed by atoms with Crippen molar-refractivity contribution in [1.29, 1.82) is 0 Å². The molecule has 0 aliphatic heterocycles. The zero-order valence-corrected chi connectivity index (χ0v) is 8.19. The first-order chi connectivity index (χ1) is 5.97. The van der Waals surface area contributed by atoms with E-state index in [1.54, 1.807) is 25.7 Å². The Bertz CT molecular complexity index is 85.6. The lowest BCUT2D eigenvalue weighted by molar-refractivity contribution is 0.171. The van der Waals surface area contributed by atoms with Crippen LogP contribution in [0.3, 0.4) is 0 Å². The van der Waals surface area contributed by atoms with Crippen molar-refractivity contribution in [3.05, 3.63) is 0 Å². The molecule has 0 unspecified atom stereocenters. The van der Waals surface area contributed by atoms with E-state index >= 15 is 0 Å². The SMILES string of the molecule is C1CCC2CCCCC2C1.CF. The molecule has 0 bridgehead atoms. The Kier molecular flexibility index (Phi) is 4.63. The normalized spacial score (nSPS) is 34.5. The molecular formula is C11H21F. The van der Waals surface area contributed by atoms with Crippen LogP contribution in [0.5, 0.6) is 0 Å². The van der Waals surface area contributed by atoms with Crippen molar-refractivity contribution < 1.29 is 4.39 Å². The summed E-state index contributed by atoms with van der Waals surface area (Å²) < 4.78 is 9.50. The monoisotopic (exact) mass is 172 g/mol. The van der Waals surface area contributed by atoms with Crippen LogP contribution < -0.4 is 0 Å². The van der Waals surface area contributed by atoms with Crippen LogP contribution in [0, 0.1) is 11.8 Å². The Hall–Kier alpha value is -0.0700. The summed E-state index contributed by atoms with van der Waals surface area (Å²) in [6, 6.07) is 0. The molecule has 0 radical (unpaired) electrons. The lowest BCUT2D eigenvalue weighted by Gasteiger charge is -2.35. The van der Waals surface area contributed by atoms with Crippen LogP contribution in [-0.2, 0) is 0 Å². The quantitative estimate of drug-likeness (QED) is 0.519. The molecule has 12 heavy (non-hydrogen) atoms. The second-order valence-corrected chi connectivity index (χ2v) is 4.09. The van der Waals surface area contributed by atoms with Gasteiger partial charge in [0.2, 0.25) is 0 Å². The van der Waals surface area contributed by atoms with Gasteiger partial charge in [-0.3, -0.25) is 4.39 Å². The molecule has 2 saturated carbocycles. The van der Waals surface area contributed by atoms with Gasteiger partial charge in [0.15, 0.2) is 0 Å². The van der Waals surface area contributed by atoms with Crippen LogP contribution in [0.4, 0.5) is 4.39 Å². The fraction of sp³-hybridized carbons (Fsp3) is 1.00. The topological polar surface area (TPSA) is 0 Å². The highest BCUT2D eigenvalue weighted by Gasteiger charge is 2.26. The number of hydrogen-bond donors (Lipinski definition) is 0. The minimum atomic E-state index is 0.500. The summed E-state index contributed by atoms with van der Waals surface area (Å²) in [5.74, 6) is 2.31. The fourth-order valence-electron chi connectivity index (χ4n) is 2.86. The molecule has 0 nitrogen and oxygen atoms in total. The molecule has 2 rings (SSSR count). The van der Waals surface area contributed by atoms with E-state index in [4.69, 9.17) is 0 Å². The second-order valence-electron chi connectivity index (χ2n) is 4.09. The van der Waals surface area contributed by atoms with Crippen molar-refractivity contribution in [2.24, 2.45) is 11.8 Å². The van der Waals surface area contributed by atoms with Crippen molar-refractivity contribution in [1.82, 2.24) is 0 Å². The zero-order valence-electron chi connectivity index (χ0n) is 8.19. The van der Waals surface area contributed by atoms with E-state index in [9.17, 15) is 4.39 Å². The maximum atomic E-state index is 9.50. The maximum Gasteiger partial charge on any atom is 0.0785 e. The molecule has 0 aromatic carbocycles. The Morgan fingerprint density at radius 2 is 0.917 bits per heavy atom. The Balaban J connectivity index is 0.000000336. The van der Waals surface area contributed by atoms with Gasteiger partial charge in [-0.15, -0.1) is 0 Å². The Morgan fingerprint density at radius 3 is 1.17 bits per heavy atom. The van der Waals surface area contributed by atoms with Crippen LogP contribution >= 0.6 is 0 Å². The van der Waals surface area contributed by atoms with Gasteiger partial charge in [-0.1, -0.05) is 51.4 Å². The van der Waals surface area contributed by atoms with Gasteiger partial charge < -0.3 is 0 Å². The Labute approximate surface area is 75.5 Å². The van der Waals surface area contributed by atoms with Gasteiger partial charge in [-0.25, -0.2) is 0 Å². The van der Waals surface area contributed by atoms with Crippen molar-refractivity contribution in [3.63, 3.8) is 0 Å². The number of halogens is 1. The van der Waals surface area contributed by atoms with E-state index in [1.807, 2.05) is 0 Å². The predicted octanol–water partition coefficient (Wildman–Crippen LogP) is 3.95. The summed E-state index contributed by atoms with van der Waals surface area (Å²) in [6.45, 7) is 0. The molecule has 0 saturated heterocycles. The first-order valence-corrected chi connectivity index (χ1v) is 5.34. The summed E-state index contributed by atoms with van der Waals surface area (Å²) in [6.07, 6.45) is 12.4. The van der Waals surface area contributed by atoms with Gasteiger partial charge in [-0.2, -0.15) is 0 Å². The van der Waals surface area contributed by atoms with E-state index in [1.165, 1.54) is 25.7 Å². The number of rotatable bonds is 0. The molecule has 0 amide bonds. The molecule has 2 aliphatic rings. The standard InChI is InChI=1S/C10H18.CH3F/c1-2-6-10-8-4-3-7-9(10)5-1;1-2/h9-10H,1-8H2;1H3. The minimum absolute atomic E-state index is 0.500. The minimum Gasteiger partial charge on any atom is -0.255 e. The van der Waals surface area contributed by atoms with E-state index in [0.29, 0.717) is 7.18 Å².